The van der Waals surface area contributed by atoms with Crippen molar-refractivity contribution in [3.8, 4) is 17.0 Å². The SMILES string of the molecule is COc1ccc(-c2csc(NC(=O)c3ccccc3F)n2)cc1Br. The number of carbonyl (C=O) groups excluding carboxylic acids is 1. The van der Waals surface area contributed by atoms with E-state index in [2.05, 4.69) is 26.2 Å². The number of hydrogen-bond acceptors (Lipinski definition) is 4. The molecule has 122 valence electrons. The molecule has 1 amide bonds. The van der Waals surface area contributed by atoms with Crippen LogP contribution in [0.5, 0.6) is 5.75 Å². The molecule has 3 aromatic rings. The Morgan fingerprint density at radius 1 is 1.29 bits per heavy atom. The van der Waals surface area contributed by atoms with Crippen molar-refractivity contribution in [2.24, 2.45) is 0 Å². The van der Waals surface area contributed by atoms with E-state index in [1.807, 2.05) is 23.6 Å². The average Bonchev–Trinajstić information content (AvgIpc) is 3.03. The van der Waals surface area contributed by atoms with Crippen LogP contribution in [0.15, 0.2) is 52.3 Å². The number of amides is 1. The normalized spacial score (nSPS) is 10.5. The lowest BCUT2D eigenvalue weighted by Gasteiger charge is -2.04. The number of methoxy groups -OCH3 is 1. The zero-order chi connectivity index (χ0) is 17.1. The fourth-order valence-electron chi connectivity index (χ4n) is 2.10. The molecule has 24 heavy (non-hydrogen) atoms. The van der Waals surface area contributed by atoms with Crippen LogP contribution in [0, 0.1) is 5.82 Å². The molecule has 4 nitrogen and oxygen atoms in total. The lowest BCUT2D eigenvalue weighted by Crippen LogP contribution is -2.13. The van der Waals surface area contributed by atoms with Crippen LogP contribution in [0.25, 0.3) is 11.3 Å². The van der Waals surface area contributed by atoms with Gasteiger partial charge in [-0.2, -0.15) is 0 Å². The van der Waals surface area contributed by atoms with Crippen LogP contribution in [0.3, 0.4) is 0 Å². The highest BCUT2D eigenvalue weighted by molar-refractivity contribution is 9.10. The first-order chi connectivity index (χ1) is 11.6. The topological polar surface area (TPSA) is 51.2 Å². The summed E-state index contributed by atoms with van der Waals surface area (Å²) in [6.07, 6.45) is 0. The van der Waals surface area contributed by atoms with E-state index in [0.717, 1.165) is 15.8 Å². The third-order valence-electron chi connectivity index (χ3n) is 3.29. The summed E-state index contributed by atoms with van der Waals surface area (Å²) in [5.74, 6) is -0.363. The second-order valence-corrected chi connectivity index (χ2v) is 6.53. The maximum absolute atomic E-state index is 13.6. The molecular formula is C17H12BrFN2O2S. The number of ether oxygens (including phenoxy) is 1. The minimum Gasteiger partial charge on any atom is -0.496 e. The third kappa shape index (κ3) is 3.47. The molecule has 1 aromatic heterocycles. The first-order valence-corrected chi connectivity index (χ1v) is 8.61. The van der Waals surface area contributed by atoms with E-state index in [-0.39, 0.29) is 5.56 Å². The highest BCUT2D eigenvalue weighted by Gasteiger charge is 2.14. The Bertz CT molecular complexity index is 898. The summed E-state index contributed by atoms with van der Waals surface area (Å²) in [7, 11) is 1.60. The minimum absolute atomic E-state index is 0.0126. The number of nitrogens with one attached hydrogen (secondary N) is 1. The van der Waals surface area contributed by atoms with Crippen molar-refractivity contribution < 1.29 is 13.9 Å². The lowest BCUT2D eigenvalue weighted by molar-refractivity contribution is 0.102. The van der Waals surface area contributed by atoms with Gasteiger partial charge in [-0.25, -0.2) is 9.37 Å². The van der Waals surface area contributed by atoms with Crippen molar-refractivity contribution in [3.05, 3.63) is 63.7 Å². The van der Waals surface area contributed by atoms with Crippen molar-refractivity contribution in [2.75, 3.05) is 12.4 Å². The van der Waals surface area contributed by atoms with E-state index < -0.39 is 11.7 Å². The number of hydrogen-bond donors (Lipinski definition) is 1. The van der Waals surface area contributed by atoms with Gasteiger partial charge in [-0.05, 0) is 46.3 Å². The predicted molar refractivity (Wildman–Crippen MR) is 96.2 cm³/mol. The van der Waals surface area contributed by atoms with E-state index in [4.69, 9.17) is 4.74 Å². The van der Waals surface area contributed by atoms with Crippen LogP contribution in [0.1, 0.15) is 10.4 Å². The fourth-order valence-corrected chi connectivity index (χ4v) is 3.35. The molecule has 7 heteroatoms. The first kappa shape index (κ1) is 16.6. The van der Waals surface area contributed by atoms with E-state index in [1.165, 1.54) is 29.5 Å². The Balaban J connectivity index is 1.80. The van der Waals surface area contributed by atoms with Gasteiger partial charge in [0.15, 0.2) is 5.13 Å². The maximum Gasteiger partial charge on any atom is 0.260 e. The van der Waals surface area contributed by atoms with Gasteiger partial charge in [0.2, 0.25) is 0 Å². The van der Waals surface area contributed by atoms with Gasteiger partial charge in [0, 0.05) is 10.9 Å². The number of benzene rings is 2. The molecule has 0 saturated heterocycles. The van der Waals surface area contributed by atoms with Crippen LogP contribution >= 0.6 is 27.3 Å². The molecule has 0 aliphatic heterocycles. The van der Waals surface area contributed by atoms with Crippen molar-refractivity contribution in [1.29, 1.82) is 0 Å². The fraction of sp³-hybridized carbons (Fsp3) is 0.0588. The van der Waals surface area contributed by atoms with Gasteiger partial charge in [-0.1, -0.05) is 12.1 Å². The molecule has 3 rings (SSSR count). The Kier molecular flexibility index (Phi) is 4.92. The highest BCUT2D eigenvalue weighted by atomic mass is 79.9. The standard InChI is InChI=1S/C17H12BrFN2O2S/c1-23-15-7-6-10(8-12(15)18)14-9-24-17(20-14)21-16(22)11-4-2-3-5-13(11)19/h2-9H,1H3,(H,20,21,22). The van der Waals surface area contributed by atoms with E-state index in [1.54, 1.807) is 13.2 Å². The summed E-state index contributed by atoms with van der Waals surface area (Å²) in [6.45, 7) is 0. The first-order valence-electron chi connectivity index (χ1n) is 6.94. The molecule has 0 spiro atoms. The van der Waals surface area contributed by atoms with E-state index >= 15 is 0 Å². The molecule has 0 radical (unpaired) electrons. The van der Waals surface area contributed by atoms with Crippen molar-refractivity contribution >= 4 is 38.3 Å². The molecule has 1 N–H and O–H groups in total. The number of rotatable bonds is 4. The minimum atomic E-state index is -0.564. The van der Waals surface area contributed by atoms with Crippen molar-refractivity contribution in [1.82, 2.24) is 4.98 Å². The number of aromatic nitrogens is 1. The summed E-state index contributed by atoms with van der Waals surface area (Å²) in [4.78, 5) is 16.5. The predicted octanol–water partition coefficient (Wildman–Crippen LogP) is 4.97. The monoisotopic (exact) mass is 406 g/mol. The second kappa shape index (κ2) is 7.11. The second-order valence-electron chi connectivity index (χ2n) is 4.82. The molecule has 2 aromatic carbocycles. The van der Waals surface area contributed by atoms with Crippen LogP contribution in [0.4, 0.5) is 9.52 Å². The van der Waals surface area contributed by atoms with Gasteiger partial charge >= 0.3 is 0 Å². The molecular weight excluding hydrogens is 395 g/mol. The van der Waals surface area contributed by atoms with Crippen LogP contribution < -0.4 is 10.1 Å². The van der Waals surface area contributed by atoms with E-state index in [9.17, 15) is 9.18 Å². The smallest absolute Gasteiger partial charge is 0.260 e. The molecule has 0 aliphatic rings. The Morgan fingerprint density at radius 3 is 2.79 bits per heavy atom. The summed E-state index contributed by atoms with van der Waals surface area (Å²) < 4.78 is 19.6. The number of halogens is 2. The third-order valence-corrected chi connectivity index (χ3v) is 4.67. The molecule has 0 bridgehead atoms. The molecule has 0 saturated carbocycles. The average molecular weight is 407 g/mol. The van der Waals surface area contributed by atoms with Crippen LogP contribution in [-0.2, 0) is 0 Å². The number of carbonyl (C=O) groups is 1. The highest BCUT2D eigenvalue weighted by Crippen LogP contribution is 2.32. The molecule has 0 fully saturated rings. The number of nitrogens with zero attached hydrogens (tertiary/aromatic N) is 1. The number of anilines is 1. The Morgan fingerprint density at radius 2 is 2.08 bits per heavy atom. The van der Waals surface area contributed by atoms with Crippen molar-refractivity contribution in [3.63, 3.8) is 0 Å². The summed E-state index contributed by atoms with van der Waals surface area (Å²) in [5.41, 5.74) is 1.58. The van der Waals surface area contributed by atoms with Gasteiger partial charge in [-0.15, -0.1) is 11.3 Å². The van der Waals surface area contributed by atoms with E-state index in [0.29, 0.717) is 10.8 Å². The Hall–Kier alpha value is -2.25. The lowest BCUT2D eigenvalue weighted by atomic mass is 10.2. The quantitative estimate of drug-likeness (QED) is 0.664. The van der Waals surface area contributed by atoms with Gasteiger partial charge in [0.25, 0.3) is 5.91 Å². The molecule has 0 aliphatic carbocycles. The summed E-state index contributed by atoms with van der Waals surface area (Å²) >= 11 is 4.71. The van der Waals surface area contributed by atoms with Gasteiger partial charge < -0.3 is 4.74 Å². The van der Waals surface area contributed by atoms with Gasteiger partial charge in [0.1, 0.15) is 11.6 Å². The van der Waals surface area contributed by atoms with Gasteiger partial charge in [0.05, 0.1) is 22.8 Å². The summed E-state index contributed by atoms with van der Waals surface area (Å²) in [6, 6.07) is 11.4. The zero-order valence-corrected chi connectivity index (χ0v) is 14.9. The van der Waals surface area contributed by atoms with Crippen molar-refractivity contribution in [2.45, 2.75) is 0 Å². The molecule has 0 atom stereocenters. The van der Waals surface area contributed by atoms with Crippen LogP contribution in [-0.4, -0.2) is 18.0 Å². The number of thiazole rings is 1. The maximum atomic E-state index is 13.6. The Labute approximate surface area is 150 Å². The largest absolute Gasteiger partial charge is 0.496 e. The van der Waals surface area contributed by atoms with Gasteiger partial charge in [-0.3, -0.25) is 10.1 Å². The molecule has 1 heterocycles. The zero-order valence-electron chi connectivity index (χ0n) is 12.5. The summed E-state index contributed by atoms with van der Waals surface area (Å²) in [5, 5.41) is 4.85. The van der Waals surface area contributed by atoms with Crippen LogP contribution in [0.2, 0.25) is 0 Å². The molecule has 0 unspecified atom stereocenters.